The van der Waals surface area contributed by atoms with Crippen LogP contribution in [0.1, 0.15) is 18.9 Å². The van der Waals surface area contributed by atoms with Crippen LogP contribution in [-0.4, -0.2) is 47.0 Å². The Labute approximate surface area is 142 Å². The van der Waals surface area contributed by atoms with E-state index in [1.54, 1.807) is 12.5 Å². The van der Waals surface area contributed by atoms with Crippen LogP contribution in [0.25, 0.3) is 0 Å². The van der Waals surface area contributed by atoms with Crippen molar-refractivity contribution < 1.29 is 4.79 Å². The maximum Gasteiger partial charge on any atom is 0.221 e. The molecule has 1 aromatic carbocycles. The average molecular weight is 325 g/mol. The Kier molecular flexibility index (Phi) is 5.05. The third-order valence-electron chi connectivity index (χ3n) is 4.40. The van der Waals surface area contributed by atoms with Crippen molar-refractivity contribution in [3.05, 3.63) is 48.4 Å². The van der Waals surface area contributed by atoms with E-state index in [4.69, 9.17) is 0 Å². The number of likely N-dealkylation sites (N-methyl/N-ethyl adjacent to an activating group) is 1. The maximum atomic E-state index is 11.1. The molecule has 0 bridgehead atoms. The van der Waals surface area contributed by atoms with Gasteiger partial charge in [-0.1, -0.05) is 12.1 Å². The van der Waals surface area contributed by atoms with E-state index in [0.29, 0.717) is 6.04 Å². The van der Waals surface area contributed by atoms with Crippen molar-refractivity contribution in [3.63, 3.8) is 0 Å². The fourth-order valence-corrected chi connectivity index (χ4v) is 3.11. The molecule has 1 saturated heterocycles. The van der Waals surface area contributed by atoms with Crippen molar-refractivity contribution in [1.82, 2.24) is 14.9 Å². The molecule has 1 fully saturated rings. The molecule has 1 N–H and O–H groups in total. The van der Waals surface area contributed by atoms with E-state index in [1.807, 2.05) is 18.2 Å². The van der Waals surface area contributed by atoms with Gasteiger partial charge in [-0.05, 0) is 30.2 Å². The highest BCUT2D eigenvalue weighted by Crippen LogP contribution is 2.21. The second-order valence-corrected chi connectivity index (χ2v) is 6.23. The highest BCUT2D eigenvalue weighted by molar-refractivity contribution is 5.88. The van der Waals surface area contributed by atoms with E-state index in [1.165, 1.54) is 12.5 Å². The highest BCUT2D eigenvalue weighted by atomic mass is 16.1. The summed E-state index contributed by atoms with van der Waals surface area (Å²) in [5, 5.41) is 2.79. The molecule has 1 aliphatic rings. The van der Waals surface area contributed by atoms with Gasteiger partial charge in [-0.25, -0.2) is 9.97 Å². The summed E-state index contributed by atoms with van der Waals surface area (Å²) in [5.41, 5.74) is 2.10. The molecule has 126 valence electrons. The number of aromatic nitrogens is 2. The lowest BCUT2D eigenvalue weighted by Crippen LogP contribution is -2.34. The van der Waals surface area contributed by atoms with Gasteiger partial charge in [0.25, 0.3) is 0 Å². The van der Waals surface area contributed by atoms with Gasteiger partial charge in [0, 0.05) is 51.5 Å². The number of carbonyl (C=O) groups is 1. The highest BCUT2D eigenvalue weighted by Gasteiger charge is 2.26. The van der Waals surface area contributed by atoms with Gasteiger partial charge in [-0.2, -0.15) is 0 Å². The van der Waals surface area contributed by atoms with E-state index in [2.05, 4.69) is 44.3 Å². The zero-order valence-electron chi connectivity index (χ0n) is 14.1. The number of likely N-dealkylation sites (tertiary alicyclic amines) is 1. The van der Waals surface area contributed by atoms with Crippen LogP contribution in [-0.2, 0) is 11.3 Å². The summed E-state index contributed by atoms with van der Waals surface area (Å²) in [5.74, 6) is 0.925. The molecule has 1 atom stereocenters. The second kappa shape index (κ2) is 7.40. The molecule has 1 aliphatic heterocycles. The van der Waals surface area contributed by atoms with Crippen LogP contribution in [0, 0.1) is 0 Å². The van der Waals surface area contributed by atoms with E-state index < -0.39 is 0 Å². The number of rotatable bonds is 5. The normalized spacial score (nSPS) is 17.7. The summed E-state index contributed by atoms with van der Waals surface area (Å²) < 4.78 is 0. The number of nitrogens with one attached hydrogen (secondary N) is 1. The van der Waals surface area contributed by atoms with E-state index in [0.717, 1.165) is 37.6 Å². The molecule has 24 heavy (non-hydrogen) atoms. The van der Waals surface area contributed by atoms with Crippen LogP contribution >= 0.6 is 0 Å². The van der Waals surface area contributed by atoms with Crippen LogP contribution in [0.2, 0.25) is 0 Å². The molecule has 1 unspecified atom stereocenters. The van der Waals surface area contributed by atoms with Crippen molar-refractivity contribution in [2.24, 2.45) is 0 Å². The number of amides is 1. The van der Waals surface area contributed by atoms with E-state index >= 15 is 0 Å². The van der Waals surface area contributed by atoms with Gasteiger partial charge in [0.2, 0.25) is 5.91 Å². The van der Waals surface area contributed by atoms with Crippen LogP contribution in [0.3, 0.4) is 0 Å². The Balaban J connectivity index is 1.55. The lowest BCUT2D eigenvalue weighted by Gasteiger charge is -2.25. The van der Waals surface area contributed by atoms with E-state index in [-0.39, 0.29) is 5.91 Å². The predicted octanol–water partition coefficient (Wildman–Crippen LogP) is 2.15. The van der Waals surface area contributed by atoms with Crippen LogP contribution in [0.4, 0.5) is 11.5 Å². The number of carbonyl (C=O) groups excluding carboxylic acids is 1. The zero-order valence-corrected chi connectivity index (χ0v) is 14.1. The van der Waals surface area contributed by atoms with E-state index in [9.17, 15) is 4.79 Å². The van der Waals surface area contributed by atoms with Gasteiger partial charge in [0.1, 0.15) is 12.1 Å². The molecule has 0 radical (unpaired) electrons. The van der Waals surface area contributed by atoms with Gasteiger partial charge >= 0.3 is 0 Å². The first-order valence-corrected chi connectivity index (χ1v) is 8.19. The van der Waals surface area contributed by atoms with Gasteiger partial charge in [-0.15, -0.1) is 0 Å². The molecule has 0 spiro atoms. The van der Waals surface area contributed by atoms with Crippen LogP contribution in [0.5, 0.6) is 0 Å². The second-order valence-electron chi connectivity index (χ2n) is 6.23. The fourth-order valence-electron chi connectivity index (χ4n) is 3.11. The van der Waals surface area contributed by atoms with Crippen LogP contribution < -0.4 is 10.2 Å². The molecule has 1 aromatic heterocycles. The Morgan fingerprint density at radius 1 is 1.33 bits per heavy atom. The van der Waals surface area contributed by atoms with Gasteiger partial charge in [0.05, 0.1) is 0 Å². The Bertz CT molecular complexity index is 674. The molecule has 0 saturated carbocycles. The topological polar surface area (TPSA) is 61.4 Å². The maximum absolute atomic E-state index is 11.1. The SMILES string of the molecule is CC(=O)Nc1ccc(CN2CCC(N(C)c3ccncn3)C2)cc1. The Hall–Kier alpha value is -2.47. The number of hydrogen-bond donors (Lipinski definition) is 1. The van der Waals surface area contributed by atoms with Crippen molar-refractivity contribution in [1.29, 1.82) is 0 Å². The minimum Gasteiger partial charge on any atom is -0.355 e. The molecule has 0 aliphatic carbocycles. The smallest absolute Gasteiger partial charge is 0.221 e. The third-order valence-corrected chi connectivity index (χ3v) is 4.40. The number of hydrogen-bond acceptors (Lipinski definition) is 5. The van der Waals surface area contributed by atoms with Gasteiger partial charge < -0.3 is 10.2 Å². The quantitative estimate of drug-likeness (QED) is 0.913. The Morgan fingerprint density at radius 3 is 2.79 bits per heavy atom. The number of anilines is 2. The summed E-state index contributed by atoms with van der Waals surface area (Å²) in [6, 6.07) is 10.5. The first-order valence-electron chi connectivity index (χ1n) is 8.19. The zero-order chi connectivity index (χ0) is 16.9. The molecule has 6 heteroatoms. The average Bonchev–Trinajstić information content (AvgIpc) is 3.05. The van der Waals surface area contributed by atoms with Crippen molar-refractivity contribution >= 4 is 17.4 Å². The standard InChI is InChI=1S/C18H23N5O/c1-14(24)21-16-5-3-15(4-6-16)11-23-10-8-17(12-23)22(2)18-7-9-19-13-20-18/h3-7,9,13,17H,8,10-12H2,1-2H3,(H,21,24). The van der Waals surface area contributed by atoms with Crippen molar-refractivity contribution in [3.8, 4) is 0 Å². The fraction of sp³-hybridized carbons (Fsp3) is 0.389. The molecule has 6 nitrogen and oxygen atoms in total. The molecule has 2 aromatic rings. The third kappa shape index (κ3) is 4.08. The summed E-state index contributed by atoms with van der Waals surface area (Å²) in [6.45, 7) is 4.54. The minimum absolute atomic E-state index is 0.0436. The van der Waals surface area contributed by atoms with Crippen molar-refractivity contribution in [2.45, 2.75) is 25.9 Å². The Morgan fingerprint density at radius 2 is 2.12 bits per heavy atom. The molecular weight excluding hydrogens is 302 g/mol. The van der Waals surface area contributed by atoms with Gasteiger partial charge in [-0.3, -0.25) is 9.69 Å². The first kappa shape index (κ1) is 16.4. The monoisotopic (exact) mass is 325 g/mol. The van der Waals surface area contributed by atoms with Crippen LogP contribution in [0.15, 0.2) is 42.9 Å². The lowest BCUT2D eigenvalue weighted by atomic mass is 10.2. The minimum atomic E-state index is -0.0436. The predicted molar refractivity (Wildman–Crippen MR) is 94.9 cm³/mol. The number of benzene rings is 1. The van der Waals surface area contributed by atoms with Crippen molar-refractivity contribution in [2.75, 3.05) is 30.4 Å². The number of nitrogens with zero attached hydrogens (tertiary/aromatic N) is 4. The molecule has 1 amide bonds. The molecule has 2 heterocycles. The summed E-state index contributed by atoms with van der Waals surface area (Å²) in [6.07, 6.45) is 4.50. The molecule has 3 rings (SSSR count). The summed E-state index contributed by atoms with van der Waals surface area (Å²) in [4.78, 5) is 24.1. The van der Waals surface area contributed by atoms with Gasteiger partial charge in [0.15, 0.2) is 0 Å². The largest absolute Gasteiger partial charge is 0.355 e. The lowest BCUT2D eigenvalue weighted by molar-refractivity contribution is -0.114. The first-order chi connectivity index (χ1) is 11.6. The molecular formula is C18H23N5O. The summed E-state index contributed by atoms with van der Waals surface area (Å²) in [7, 11) is 2.10. The summed E-state index contributed by atoms with van der Waals surface area (Å²) >= 11 is 0.